The lowest BCUT2D eigenvalue weighted by Crippen LogP contribution is -2.50. The van der Waals surface area contributed by atoms with Crippen LogP contribution in [0.15, 0.2) is 36.4 Å². The lowest BCUT2D eigenvalue weighted by atomic mass is 9.79. The van der Waals surface area contributed by atoms with E-state index >= 15 is 0 Å². The molecule has 2 fully saturated rings. The highest BCUT2D eigenvalue weighted by Gasteiger charge is 2.48. The molecule has 2 saturated heterocycles. The normalized spacial score (nSPS) is 19.1. The molecule has 52 heavy (non-hydrogen) atoms. The van der Waals surface area contributed by atoms with Gasteiger partial charge in [0, 0.05) is 51.7 Å². The third-order valence-corrected chi connectivity index (χ3v) is 10.8. The van der Waals surface area contributed by atoms with Gasteiger partial charge in [-0.15, -0.1) is 0 Å². The first kappa shape index (κ1) is 38.9. The van der Waals surface area contributed by atoms with Gasteiger partial charge in [0.05, 0.1) is 42.2 Å². The van der Waals surface area contributed by atoms with Crippen LogP contribution >= 0.6 is 0 Å². The molecular weight excluding hydrogens is 685 g/mol. The number of carboxylic acid groups (broad SMARTS) is 1. The second-order valence-electron chi connectivity index (χ2n) is 16.3. The van der Waals surface area contributed by atoms with Crippen LogP contribution in [-0.2, 0) is 33.8 Å². The van der Waals surface area contributed by atoms with Crippen LogP contribution in [0, 0.1) is 11.3 Å². The Balaban J connectivity index is 1.35. The van der Waals surface area contributed by atoms with Crippen LogP contribution in [-0.4, -0.2) is 103 Å². The fourth-order valence-electron chi connectivity index (χ4n) is 7.84. The first-order chi connectivity index (χ1) is 24.2. The lowest BCUT2D eigenvalue weighted by molar-refractivity contribution is -0.137. The SMILES string of the molecule is COc1c(NC(=O)c2cc3cccc(CN4CCCN(C(=O)C5CCN(C(=O)O)[C@H]5C(C)(C)C)CC4)c3n2C)cc(C(C)(C)C)cc1NS(C)(=O)=O. The summed E-state index contributed by atoms with van der Waals surface area (Å²) in [6, 6.07) is 11.0. The van der Waals surface area contributed by atoms with Gasteiger partial charge in [-0.3, -0.25) is 19.2 Å². The van der Waals surface area contributed by atoms with Crippen LogP contribution in [0.3, 0.4) is 0 Å². The van der Waals surface area contributed by atoms with Crippen molar-refractivity contribution >= 4 is 50.2 Å². The maximum atomic E-state index is 13.9. The standard InChI is InChI=1S/C38H54N6O7S/c1-37(2,3)26-21-28(32(51-8)29(22-26)40-52(9,49)50)39-34(45)30-20-24-12-10-13-25(31(24)41(30)7)23-42-15-11-16-43(19-18-42)35(46)27-14-17-44(36(47)48)33(27)38(4,5)6/h10,12-13,20-22,27,33,40H,11,14-19,23H2,1-9H3,(H,39,45)(H,47,48)/t27?,33-/m1/s1. The van der Waals surface area contributed by atoms with E-state index in [1.807, 2.05) is 82.3 Å². The molecule has 2 aliphatic rings. The number of aromatic nitrogens is 1. The molecule has 3 amide bonds. The van der Waals surface area contributed by atoms with E-state index in [9.17, 15) is 27.9 Å². The number of ether oxygens (including phenoxy) is 1. The van der Waals surface area contributed by atoms with Crippen molar-refractivity contribution in [2.24, 2.45) is 18.4 Å². The maximum Gasteiger partial charge on any atom is 0.407 e. The van der Waals surface area contributed by atoms with Gasteiger partial charge in [0.25, 0.3) is 5.91 Å². The van der Waals surface area contributed by atoms with E-state index < -0.39 is 16.1 Å². The maximum absolute atomic E-state index is 13.9. The number of para-hydroxylation sites is 1. The van der Waals surface area contributed by atoms with Crippen molar-refractivity contribution < 1.29 is 32.6 Å². The number of likely N-dealkylation sites (tertiary alicyclic amines) is 1. The molecule has 0 saturated carbocycles. The number of sulfonamides is 1. The van der Waals surface area contributed by atoms with Crippen molar-refractivity contribution in [3.63, 3.8) is 0 Å². The highest BCUT2D eigenvalue weighted by atomic mass is 32.2. The molecule has 2 atom stereocenters. The average Bonchev–Trinajstić information content (AvgIpc) is 3.56. The highest BCUT2D eigenvalue weighted by Crippen LogP contribution is 2.40. The minimum Gasteiger partial charge on any atom is -0.492 e. The summed E-state index contributed by atoms with van der Waals surface area (Å²) < 4.78 is 34.4. The van der Waals surface area contributed by atoms with Crippen LogP contribution in [0.2, 0.25) is 0 Å². The summed E-state index contributed by atoms with van der Waals surface area (Å²) in [7, 11) is -0.339. The summed E-state index contributed by atoms with van der Waals surface area (Å²) in [5.41, 5.74) is 3.09. The summed E-state index contributed by atoms with van der Waals surface area (Å²) in [5, 5.41) is 13.7. The van der Waals surface area contributed by atoms with Gasteiger partial charge < -0.3 is 29.5 Å². The summed E-state index contributed by atoms with van der Waals surface area (Å²) in [6.07, 6.45) is 1.42. The summed E-state index contributed by atoms with van der Waals surface area (Å²) in [6.45, 7) is 15.6. The van der Waals surface area contributed by atoms with Crippen molar-refractivity contribution in [1.82, 2.24) is 19.3 Å². The number of carbonyl (C=O) groups excluding carboxylic acids is 2. The molecule has 1 unspecified atom stereocenters. The van der Waals surface area contributed by atoms with Gasteiger partial charge in [-0.2, -0.15) is 0 Å². The molecule has 2 aromatic carbocycles. The fourth-order valence-corrected chi connectivity index (χ4v) is 8.40. The summed E-state index contributed by atoms with van der Waals surface area (Å²) in [4.78, 5) is 45.4. The van der Waals surface area contributed by atoms with Crippen LogP contribution in [0.5, 0.6) is 5.75 Å². The van der Waals surface area contributed by atoms with Crippen molar-refractivity contribution in [2.45, 2.75) is 72.4 Å². The predicted octanol–water partition coefficient (Wildman–Crippen LogP) is 5.56. The molecule has 14 heteroatoms. The Bertz CT molecular complexity index is 1960. The van der Waals surface area contributed by atoms with Crippen LogP contribution in [0.25, 0.3) is 10.9 Å². The number of rotatable bonds is 8. The molecule has 0 radical (unpaired) electrons. The number of fused-ring (bicyclic) bond motifs is 1. The first-order valence-corrected chi connectivity index (χ1v) is 19.7. The van der Waals surface area contributed by atoms with Crippen molar-refractivity contribution in [3.05, 3.63) is 53.2 Å². The third-order valence-electron chi connectivity index (χ3n) is 10.2. The Morgan fingerprint density at radius 2 is 1.65 bits per heavy atom. The van der Waals surface area contributed by atoms with Gasteiger partial charge in [0.15, 0.2) is 5.75 Å². The van der Waals surface area contributed by atoms with Gasteiger partial charge in [-0.05, 0) is 53.0 Å². The Morgan fingerprint density at radius 1 is 0.962 bits per heavy atom. The van der Waals surface area contributed by atoms with E-state index in [-0.39, 0.29) is 46.0 Å². The number of nitrogens with one attached hydrogen (secondary N) is 2. The Kier molecular flexibility index (Phi) is 10.9. The van der Waals surface area contributed by atoms with E-state index in [0.717, 1.165) is 41.3 Å². The number of carbonyl (C=O) groups is 3. The number of hydrogen-bond donors (Lipinski definition) is 3. The Morgan fingerprint density at radius 3 is 2.27 bits per heavy atom. The molecule has 284 valence electrons. The molecule has 5 rings (SSSR count). The second kappa shape index (κ2) is 14.6. The van der Waals surface area contributed by atoms with E-state index in [1.165, 1.54) is 12.0 Å². The van der Waals surface area contributed by atoms with E-state index in [4.69, 9.17) is 4.74 Å². The topological polar surface area (TPSA) is 154 Å². The quantitative estimate of drug-likeness (QED) is 0.272. The van der Waals surface area contributed by atoms with E-state index in [2.05, 4.69) is 21.0 Å². The largest absolute Gasteiger partial charge is 0.492 e. The van der Waals surface area contributed by atoms with Gasteiger partial charge >= 0.3 is 6.09 Å². The smallest absolute Gasteiger partial charge is 0.407 e. The fraction of sp³-hybridized carbons (Fsp3) is 0.553. The van der Waals surface area contributed by atoms with Crippen molar-refractivity contribution in [3.8, 4) is 5.75 Å². The van der Waals surface area contributed by atoms with Gasteiger partial charge in [0.1, 0.15) is 5.69 Å². The number of methoxy groups -OCH3 is 1. The zero-order chi connectivity index (χ0) is 38.3. The van der Waals surface area contributed by atoms with Crippen LogP contribution in [0.4, 0.5) is 16.2 Å². The second-order valence-corrected chi connectivity index (χ2v) is 18.0. The zero-order valence-electron chi connectivity index (χ0n) is 31.9. The van der Waals surface area contributed by atoms with E-state index in [1.54, 1.807) is 6.07 Å². The summed E-state index contributed by atoms with van der Waals surface area (Å²) >= 11 is 0. The molecule has 1 aromatic heterocycles. The molecule has 3 aromatic rings. The Labute approximate surface area is 307 Å². The minimum absolute atomic E-state index is 0.0367. The van der Waals surface area contributed by atoms with Gasteiger partial charge in [0.2, 0.25) is 15.9 Å². The predicted molar refractivity (Wildman–Crippen MR) is 204 cm³/mol. The number of benzene rings is 2. The molecule has 0 spiro atoms. The molecule has 13 nitrogen and oxygen atoms in total. The number of aryl methyl sites for hydroxylation is 1. The van der Waals surface area contributed by atoms with Crippen molar-refractivity contribution in [2.75, 3.05) is 56.1 Å². The molecule has 2 aliphatic heterocycles. The molecule has 3 N–H and O–H groups in total. The molecular formula is C38H54N6O7S. The number of nitrogens with zero attached hydrogens (tertiary/aromatic N) is 4. The first-order valence-electron chi connectivity index (χ1n) is 17.8. The monoisotopic (exact) mass is 738 g/mol. The average molecular weight is 739 g/mol. The molecule has 0 bridgehead atoms. The zero-order valence-corrected chi connectivity index (χ0v) is 32.7. The third kappa shape index (κ3) is 8.33. The molecule has 3 heterocycles. The number of anilines is 2. The number of hydrogen-bond acceptors (Lipinski definition) is 7. The van der Waals surface area contributed by atoms with Gasteiger partial charge in [-0.25, -0.2) is 13.2 Å². The van der Waals surface area contributed by atoms with Gasteiger partial charge in [-0.1, -0.05) is 59.7 Å². The highest BCUT2D eigenvalue weighted by molar-refractivity contribution is 7.92. The minimum atomic E-state index is -3.63. The van der Waals surface area contributed by atoms with Crippen molar-refractivity contribution in [1.29, 1.82) is 0 Å². The summed E-state index contributed by atoms with van der Waals surface area (Å²) in [5.74, 6) is -0.483. The van der Waals surface area contributed by atoms with Crippen LogP contribution in [0.1, 0.15) is 76.0 Å². The van der Waals surface area contributed by atoms with E-state index in [0.29, 0.717) is 50.5 Å². The molecule has 0 aliphatic carbocycles. The number of amides is 3. The lowest BCUT2D eigenvalue weighted by Gasteiger charge is -2.38. The van der Waals surface area contributed by atoms with Crippen LogP contribution < -0.4 is 14.8 Å². The Hall–Kier alpha value is -4.30.